The van der Waals surface area contributed by atoms with Crippen LogP contribution < -0.4 is 0 Å². The molecular weight excluding hydrogens is 234 g/mol. The minimum atomic E-state index is -0.968. The van der Waals surface area contributed by atoms with Crippen LogP contribution in [0.25, 0.3) is 5.70 Å². The average molecular weight is 246 g/mol. The third-order valence-corrected chi connectivity index (χ3v) is 2.67. The quantitative estimate of drug-likeness (QED) is 0.590. The van der Waals surface area contributed by atoms with Crippen molar-refractivity contribution in [2.75, 3.05) is 0 Å². The van der Waals surface area contributed by atoms with E-state index in [0.717, 1.165) is 5.06 Å². The number of hydrogen-bond donors (Lipinski definition) is 0. The molecule has 0 saturated carbocycles. The molecule has 0 atom stereocenters. The van der Waals surface area contributed by atoms with Gasteiger partial charge in [-0.15, -0.1) is 0 Å². The molecule has 0 saturated heterocycles. The van der Waals surface area contributed by atoms with E-state index >= 15 is 0 Å². The molecule has 2 rings (SSSR count). The van der Waals surface area contributed by atoms with Crippen molar-refractivity contribution in [3.63, 3.8) is 0 Å². The first-order valence-corrected chi connectivity index (χ1v) is 5.39. The van der Waals surface area contributed by atoms with Crippen LogP contribution in [0, 0.1) is 15.3 Å². The molecule has 0 fully saturated rings. The largest absolute Gasteiger partial charge is 0.758 e. The Morgan fingerprint density at radius 2 is 2.11 bits per heavy atom. The first kappa shape index (κ1) is 12.3. The number of rotatable bonds is 2. The average Bonchev–Trinajstić information content (AvgIpc) is 2.33. The Balaban J connectivity index is 2.52. The van der Waals surface area contributed by atoms with Gasteiger partial charge >= 0.3 is 0 Å². The highest BCUT2D eigenvalue weighted by atomic mass is 16.6. The van der Waals surface area contributed by atoms with Crippen molar-refractivity contribution in [1.82, 2.24) is 10.0 Å². The van der Waals surface area contributed by atoms with Gasteiger partial charge in [0.2, 0.25) is 0 Å². The van der Waals surface area contributed by atoms with E-state index in [1.807, 2.05) is 0 Å². The minimum absolute atomic E-state index is 0.0900. The summed E-state index contributed by atoms with van der Waals surface area (Å²) in [6.45, 7) is 3.25. The van der Waals surface area contributed by atoms with E-state index in [1.54, 1.807) is 38.2 Å². The lowest BCUT2D eigenvalue weighted by molar-refractivity contribution is -0.420. The van der Waals surface area contributed by atoms with E-state index in [2.05, 4.69) is 4.98 Å². The zero-order valence-electron chi connectivity index (χ0n) is 10.0. The summed E-state index contributed by atoms with van der Waals surface area (Å²) in [5, 5.41) is 23.8. The van der Waals surface area contributed by atoms with Crippen LogP contribution in [0.2, 0.25) is 0 Å². The molecule has 0 radical (unpaired) electrons. The topological polar surface area (TPSA) is 82.3 Å². The lowest BCUT2D eigenvalue weighted by atomic mass is 9.97. The van der Waals surface area contributed by atoms with Gasteiger partial charge in [0.15, 0.2) is 0 Å². The number of aromatic nitrogens is 1. The van der Waals surface area contributed by atoms with Crippen LogP contribution in [-0.4, -0.2) is 20.5 Å². The zero-order chi connectivity index (χ0) is 13.3. The fourth-order valence-corrected chi connectivity index (χ4v) is 1.77. The van der Waals surface area contributed by atoms with E-state index in [-0.39, 0.29) is 11.4 Å². The summed E-state index contributed by atoms with van der Waals surface area (Å²) in [4.78, 5) is 14.4. The Bertz CT molecular complexity index is 535. The number of hydrogen-bond acceptors (Lipinski definition) is 5. The van der Waals surface area contributed by atoms with E-state index in [9.17, 15) is 15.3 Å². The molecule has 0 amide bonds. The molecule has 1 aromatic rings. The number of pyridine rings is 1. The highest BCUT2D eigenvalue weighted by molar-refractivity contribution is 5.66. The van der Waals surface area contributed by atoms with Crippen LogP contribution >= 0.6 is 0 Å². The Hall–Kier alpha value is -2.21. The van der Waals surface area contributed by atoms with Gasteiger partial charge < -0.3 is 10.3 Å². The third kappa shape index (κ3) is 2.10. The molecule has 0 aliphatic carbocycles. The molecule has 2 heterocycles. The summed E-state index contributed by atoms with van der Waals surface area (Å²) in [6, 6.07) is 5.10. The maximum absolute atomic E-state index is 12.2. The molecule has 6 nitrogen and oxygen atoms in total. The maximum Gasteiger partial charge on any atom is 0.269 e. The molecule has 0 bridgehead atoms. The number of nitro groups is 1. The van der Waals surface area contributed by atoms with Crippen LogP contribution in [0.5, 0.6) is 0 Å². The van der Waals surface area contributed by atoms with E-state index in [1.165, 1.54) is 12.2 Å². The van der Waals surface area contributed by atoms with Crippen LogP contribution in [0.4, 0.5) is 0 Å². The molecule has 0 aromatic carbocycles. The van der Waals surface area contributed by atoms with Crippen molar-refractivity contribution in [2.45, 2.75) is 19.4 Å². The first-order valence-electron chi connectivity index (χ1n) is 5.39. The zero-order valence-corrected chi connectivity index (χ0v) is 10.0. The molecule has 18 heavy (non-hydrogen) atoms. The summed E-state index contributed by atoms with van der Waals surface area (Å²) in [5.74, 6) is 0. The van der Waals surface area contributed by atoms with Gasteiger partial charge in [-0.2, -0.15) is 0 Å². The lowest BCUT2D eigenvalue weighted by Gasteiger charge is -2.46. The third-order valence-electron chi connectivity index (χ3n) is 2.67. The molecular formula is C12H12N3O3-. The smallest absolute Gasteiger partial charge is 0.269 e. The van der Waals surface area contributed by atoms with Gasteiger partial charge in [-0.3, -0.25) is 15.1 Å². The molecule has 94 valence electrons. The maximum atomic E-state index is 12.2. The van der Waals surface area contributed by atoms with Crippen molar-refractivity contribution in [1.29, 1.82) is 0 Å². The molecule has 6 heteroatoms. The second kappa shape index (κ2) is 4.23. The van der Waals surface area contributed by atoms with Crippen LogP contribution in [0.3, 0.4) is 0 Å². The highest BCUT2D eigenvalue weighted by Gasteiger charge is 2.29. The van der Waals surface area contributed by atoms with Crippen LogP contribution in [-0.2, 0) is 0 Å². The van der Waals surface area contributed by atoms with Crippen molar-refractivity contribution in [3.8, 4) is 0 Å². The van der Waals surface area contributed by atoms with Crippen molar-refractivity contribution >= 4 is 5.70 Å². The Morgan fingerprint density at radius 3 is 2.67 bits per heavy atom. The SMILES string of the molecule is CC1(C)C=C([N+](=O)[O-])C=C(c2ccccn2)N1[O-]. The number of hydroxylamine groups is 2. The predicted molar refractivity (Wildman–Crippen MR) is 66.6 cm³/mol. The van der Waals surface area contributed by atoms with E-state index in [0.29, 0.717) is 5.69 Å². The molecule has 0 unspecified atom stereocenters. The minimum Gasteiger partial charge on any atom is -0.758 e. The van der Waals surface area contributed by atoms with Gasteiger partial charge in [0.05, 0.1) is 16.3 Å². The van der Waals surface area contributed by atoms with Crippen molar-refractivity contribution in [2.24, 2.45) is 0 Å². The summed E-state index contributed by atoms with van der Waals surface area (Å²) in [5.41, 5.74) is -0.431. The summed E-state index contributed by atoms with van der Waals surface area (Å²) in [6.07, 6.45) is 4.13. The predicted octanol–water partition coefficient (Wildman–Crippen LogP) is 2.18. The first-order chi connectivity index (χ1) is 8.42. The summed E-state index contributed by atoms with van der Waals surface area (Å²) in [7, 11) is 0. The van der Waals surface area contributed by atoms with Crippen LogP contribution in [0.1, 0.15) is 19.5 Å². The fraction of sp³-hybridized carbons (Fsp3) is 0.250. The Kier molecular flexibility index (Phi) is 2.88. The standard InChI is InChI=1S/C12H12N3O3/c1-12(2)8-9(15(17)18)7-11(14(12)16)10-5-3-4-6-13-10/h3-8H,1-2H3/q-1. The van der Waals surface area contributed by atoms with Crippen molar-refractivity contribution in [3.05, 3.63) is 63.3 Å². The second-order valence-corrected chi connectivity index (χ2v) is 4.52. The van der Waals surface area contributed by atoms with E-state index in [4.69, 9.17) is 0 Å². The monoisotopic (exact) mass is 246 g/mol. The van der Waals surface area contributed by atoms with Gasteiger partial charge in [-0.25, -0.2) is 0 Å². The summed E-state index contributed by atoms with van der Waals surface area (Å²) < 4.78 is 0. The molecule has 1 aliphatic heterocycles. The van der Waals surface area contributed by atoms with Gasteiger partial charge in [0.1, 0.15) is 0 Å². The fourth-order valence-electron chi connectivity index (χ4n) is 1.77. The molecule has 1 aromatic heterocycles. The number of allylic oxidation sites excluding steroid dienone is 1. The molecule has 0 N–H and O–H groups in total. The van der Waals surface area contributed by atoms with Crippen molar-refractivity contribution < 1.29 is 4.92 Å². The number of nitrogens with zero attached hydrogens (tertiary/aromatic N) is 3. The Labute approximate surface area is 104 Å². The normalized spacial score (nSPS) is 18.1. The Morgan fingerprint density at radius 1 is 1.39 bits per heavy atom. The lowest BCUT2D eigenvalue weighted by Crippen LogP contribution is -2.39. The highest BCUT2D eigenvalue weighted by Crippen LogP contribution is 2.32. The molecule has 1 aliphatic rings. The van der Waals surface area contributed by atoms with Gasteiger partial charge in [-0.05, 0) is 26.0 Å². The summed E-state index contributed by atoms with van der Waals surface area (Å²) >= 11 is 0. The van der Waals surface area contributed by atoms with Gasteiger partial charge in [0.25, 0.3) is 5.70 Å². The van der Waals surface area contributed by atoms with E-state index < -0.39 is 10.5 Å². The molecule has 0 spiro atoms. The second-order valence-electron chi connectivity index (χ2n) is 4.52. The van der Waals surface area contributed by atoms with Crippen LogP contribution in [0.15, 0.2) is 42.2 Å². The van der Waals surface area contributed by atoms with Gasteiger partial charge in [-0.1, -0.05) is 6.07 Å². The van der Waals surface area contributed by atoms with Gasteiger partial charge in [0, 0.05) is 23.9 Å².